The minimum atomic E-state index is -0.619. The van der Waals surface area contributed by atoms with Crippen molar-refractivity contribution in [2.75, 3.05) is 6.54 Å². The Balaban J connectivity index is 0.000000260. The first kappa shape index (κ1) is 29.7. The molecular weight excluding hydrogens is 484 g/mol. The fourth-order valence-electron chi connectivity index (χ4n) is 3.52. The predicted octanol–water partition coefficient (Wildman–Crippen LogP) is 5.56. The maximum Gasteiger partial charge on any atom is 0.408 e. The number of pyridine rings is 1. The van der Waals surface area contributed by atoms with Crippen molar-refractivity contribution in [1.29, 1.82) is 0 Å². The lowest BCUT2D eigenvalue weighted by molar-refractivity contribution is -0.121. The molecule has 0 atom stereocenters. The molecule has 0 saturated heterocycles. The zero-order chi connectivity index (χ0) is 27.6. The quantitative estimate of drug-likeness (QED) is 0.484. The molecule has 10 heteroatoms. The van der Waals surface area contributed by atoms with Crippen molar-refractivity contribution in [3.8, 4) is 11.6 Å². The van der Waals surface area contributed by atoms with Gasteiger partial charge in [-0.15, -0.1) is 0 Å². The minimum absolute atomic E-state index is 0.00416. The smallest absolute Gasteiger partial charge is 0.408 e. The summed E-state index contributed by atoms with van der Waals surface area (Å²) >= 11 is 0. The van der Waals surface area contributed by atoms with Gasteiger partial charge < -0.3 is 20.1 Å². The lowest BCUT2D eigenvalue weighted by Gasteiger charge is -2.27. The number of carbonyl (C=O) groups is 3. The Morgan fingerprint density at radius 1 is 1.03 bits per heavy atom. The zero-order valence-corrected chi connectivity index (χ0v) is 21.9. The van der Waals surface area contributed by atoms with Crippen LogP contribution in [0.2, 0.25) is 0 Å². The first-order chi connectivity index (χ1) is 17.3. The van der Waals surface area contributed by atoms with E-state index in [4.69, 9.17) is 9.47 Å². The molecule has 0 bridgehead atoms. The van der Waals surface area contributed by atoms with E-state index in [2.05, 4.69) is 22.5 Å². The van der Waals surface area contributed by atoms with Gasteiger partial charge in [0, 0.05) is 6.04 Å². The third-order valence-electron chi connectivity index (χ3n) is 5.40. The first-order valence-corrected chi connectivity index (χ1v) is 12.2. The van der Waals surface area contributed by atoms with Crippen molar-refractivity contribution < 1.29 is 32.6 Å². The van der Waals surface area contributed by atoms with Crippen LogP contribution in [0.4, 0.5) is 13.6 Å². The molecule has 1 aromatic heterocycles. The summed E-state index contributed by atoms with van der Waals surface area (Å²) in [5.74, 6) is -0.459. The van der Waals surface area contributed by atoms with Gasteiger partial charge in [-0.1, -0.05) is 6.92 Å². The Labute approximate surface area is 216 Å². The van der Waals surface area contributed by atoms with Crippen molar-refractivity contribution in [3.05, 3.63) is 53.7 Å². The molecule has 1 heterocycles. The molecule has 37 heavy (non-hydrogen) atoms. The summed E-state index contributed by atoms with van der Waals surface area (Å²) in [7, 11) is 0. The highest BCUT2D eigenvalue weighted by atomic mass is 19.1. The number of ether oxygens (including phenoxy) is 2. The largest absolute Gasteiger partial charge is 0.444 e. The van der Waals surface area contributed by atoms with Crippen LogP contribution in [0.3, 0.4) is 0 Å². The van der Waals surface area contributed by atoms with Crippen molar-refractivity contribution in [2.45, 2.75) is 71.9 Å². The molecule has 3 rings (SSSR count). The number of rotatable bonds is 6. The summed E-state index contributed by atoms with van der Waals surface area (Å²) < 4.78 is 36.1. The number of hydrogen-bond donors (Lipinski definition) is 2. The number of aromatic nitrogens is 1. The Hall–Kier alpha value is -3.56. The van der Waals surface area contributed by atoms with Gasteiger partial charge in [0.1, 0.15) is 29.5 Å². The summed E-state index contributed by atoms with van der Waals surface area (Å²) in [6.07, 6.45) is 4.76. The highest BCUT2D eigenvalue weighted by Gasteiger charge is 2.21. The average Bonchev–Trinajstić information content (AvgIpc) is 2.81. The maximum absolute atomic E-state index is 13.0. The number of halogens is 2. The second-order valence-electron chi connectivity index (χ2n) is 10.00. The van der Waals surface area contributed by atoms with Crippen LogP contribution >= 0.6 is 0 Å². The highest BCUT2D eigenvalue weighted by Crippen LogP contribution is 2.24. The topological polar surface area (TPSA) is 107 Å². The highest BCUT2D eigenvalue weighted by molar-refractivity contribution is 5.96. The maximum atomic E-state index is 13.0. The van der Waals surface area contributed by atoms with E-state index in [1.54, 1.807) is 20.8 Å². The SMILES string of the molecule is CC(=O)c1cc(F)cnc1Oc1ccc(F)cc1.CC1CCC(NC(=O)CNC(=O)OC(C)(C)C)CC1. The molecule has 0 aliphatic heterocycles. The third-order valence-corrected chi connectivity index (χ3v) is 5.40. The van der Waals surface area contributed by atoms with Gasteiger partial charge in [-0.05, 0) is 89.6 Å². The molecule has 0 unspecified atom stereocenters. The molecular formula is C27H35F2N3O5. The van der Waals surface area contributed by atoms with Gasteiger partial charge in [-0.2, -0.15) is 0 Å². The van der Waals surface area contributed by atoms with E-state index in [0.717, 1.165) is 43.9 Å². The fourth-order valence-corrected chi connectivity index (χ4v) is 3.52. The van der Waals surface area contributed by atoms with E-state index in [1.165, 1.54) is 31.2 Å². The lowest BCUT2D eigenvalue weighted by Crippen LogP contribution is -2.44. The lowest BCUT2D eigenvalue weighted by atomic mass is 9.87. The molecule has 202 valence electrons. The number of amides is 2. The fraction of sp³-hybridized carbons (Fsp3) is 0.481. The summed E-state index contributed by atoms with van der Waals surface area (Å²) in [5, 5.41) is 5.41. The van der Waals surface area contributed by atoms with Gasteiger partial charge in [0.05, 0.1) is 11.8 Å². The summed E-state index contributed by atoms with van der Waals surface area (Å²) in [6, 6.07) is 6.52. The van der Waals surface area contributed by atoms with Gasteiger partial charge in [-0.25, -0.2) is 18.6 Å². The van der Waals surface area contributed by atoms with E-state index in [0.29, 0.717) is 5.75 Å². The molecule has 0 radical (unpaired) electrons. The third kappa shape index (κ3) is 11.4. The second-order valence-corrected chi connectivity index (χ2v) is 10.00. The van der Waals surface area contributed by atoms with Crippen LogP contribution < -0.4 is 15.4 Å². The van der Waals surface area contributed by atoms with Crippen LogP contribution in [-0.4, -0.2) is 41.0 Å². The van der Waals surface area contributed by atoms with Crippen molar-refractivity contribution >= 4 is 17.8 Å². The molecule has 1 saturated carbocycles. The number of Topliss-reactive ketones (excluding diaryl/α,β-unsaturated/α-hetero) is 1. The molecule has 1 fully saturated rings. The molecule has 1 aromatic carbocycles. The van der Waals surface area contributed by atoms with Crippen LogP contribution in [0, 0.1) is 17.6 Å². The summed E-state index contributed by atoms with van der Waals surface area (Å²) in [4.78, 5) is 38.1. The normalized spacial score (nSPS) is 17.1. The van der Waals surface area contributed by atoms with E-state index in [1.807, 2.05) is 0 Å². The molecule has 1 aliphatic carbocycles. The monoisotopic (exact) mass is 519 g/mol. The Morgan fingerprint density at radius 3 is 2.22 bits per heavy atom. The Kier molecular flexibility index (Phi) is 11.0. The van der Waals surface area contributed by atoms with Crippen LogP contribution in [0.1, 0.15) is 70.7 Å². The van der Waals surface area contributed by atoms with E-state index in [-0.39, 0.29) is 35.7 Å². The number of nitrogens with one attached hydrogen (secondary N) is 2. The van der Waals surface area contributed by atoms with Crippen molar-refractivity contribution in [1.82, 2.24) is 15.6 Å². The van der Waals surface area contributed by atoms with Crippen molar-refractivity contribution in [3.63, 3.8) is 0 Å². The van der Waals surface area contributed by atoms with Crippen LogP contribution in [-0.2, 0) is 9.53 Å². The van der Waals surface area contributed by atoms with Gasteiger partial charge in [0.2, 0.25) is 11.8 Å². The Morgan fingerprint density at radius 2 is 1.65 bits per heavy atom. The molecule has 0 spiro atoms. The molecule has 2 aromatic rings. The summed E-state index contributed by atoms with van der Waals surface area (Å²) in [6.45, 7) is 8.86. The Bertz CT molecular complexity index is 1060. The molecule has 1 aliphatic rings. The number of benzene rings is 1. The van der Waals surface area contributed by atoms with E-state index < -0.39 is 23.3 Å². The van der Waals surface area contributed by atoms with Gasteiger partial charge in [0.15, 0.2) is 5.78 Å². The molecule has 2 N–H and O–H groups in total. The van der Waals surface area contributed by atoms with Gasteiger partial charge in [0.25, 0.3) is 0 Å². The van der Waals surface area contributed by atoms with E-state index >= 15 is 0 Å². The van der Waals surface area contributed by atoms with Gasteiger partial charge in [-0.3, -0.25) is 9.59 Å². The molecule has 8 nitrogen and oxygen atoms in total. The van der Waals surface area contributed by atoms with Crippen LogP contribution in [0.5, 0.6) is 11.6 Å². The second kappa shape index (κ2) is 13.7. The van der Waals surface area contributed by atoms with E-state index in [9.17, 15) is 23.2 Å². The van der Waals surface area contributed by atoms with Crippen molar-refractivity contribution in [2.24, 2.45) is 5.92 Å². The number of hydrogen-bond acceptors (Lipinski definition) is 6. The van der Waals surface area contributed by atoms with Crippen LogP contribution in [0.15, 0.2) is 36.5 Å². The predicted molar refractivity (Wildman–Crippen MR) is 134 cm³/mol. The number of nitrogens with zero attached hydrogens (tertiary/aromatic N) is 1. The average molecular weight is 520 g/mol. The van der Waals surface area contributed by atoms with Gasteiger partial charge >= 0.3 is 6.09 Å². The standard InChI is InChI=1S/C14H26N2O3.C13H9F2NO2/c1-10-5-7-11(8-6-10)16-12(17)9-15-13(18)19-14(2,3)4;1-8(17)12-6-10(15)7-16-13(12)18-11-4-2-9(14)3-5-11/h10-11H,5-9H2,1-4H3,(H,15,18)(H,16,17);2-7H,1H3. The molecule has 2 amide bonds. The zero-order valence-electron chi connectivity index (χ0n) is 21.9. The van der Waals surface area contributed by atoms with Crippen LogP contribution in [0.25, 0.3) is 0 Å². The summed E-state index contributed by atoms with van der Waals surface area (Å²) in [5.41, 5.74) is -0.501. The minimum Gasteiger partial charge on any atom is -0.444 e. The first-order valence-electron chi connectivity index (χ1n) is 12.2. The number of alkyl carbamates (subject to hydrolysis) is 1. The number of ketones is 1. The number of carbonyl (C=O) groups excluding carboxylic acids is 3.